The van der Waals surface area contributed by atoms with Gasteiger partial charge in [-0.3, -0.25) is 9.36 Å². The average molecular weight is 441 g/mol. The zero-order chi connectivity index (χ0) is 22.8. The highest BCUT2D eigenvalue weighted by Crippen LogP contribution is 2.19. The van der Waals surface area contributed by atoms with Crippen molar-refractivity contribution in [3.05, 3.63) is 89.4 Å². The number of anilines is 3. The predicted molar refractivity (Wildman–Crippen MR) is 123 cm³/mol. The maximum absolute atomic E-state index is 12.5. The van der Waals surface area contributed by atoms with E-state index in [1.807, 2.05) is 31.3 Å². The molecule has 0 unspecified atom stereocenters. The van der Waals surface area contributed by atoms with Crippen molar-refractivity contribution in [1.29, 1.82) is 0 Å². The van der Waals surface area contributed by atoms with Gasteiger partial charge in [-0.15, -0.1) is 0 Å². The topological polar surface area (TPSA) is 120 Å². The normalized spacial score (nSPS) is 10.9. The molecule has 10 nitrogen and oxygen atoms in total. The van der Waals surface area contributed by atoms with Crippen LogP contribution in [0, 0.1) is 6.92 Å². The van der Waals surface area contributed by atoms with Crippen LogP contribution in [-0.4, -0.2) is 30.2 Å². The van der Waals surface area contributed by atoms with Gasteiger partial charge in [-0.05, 0) is 49.4 Å². The summed E-state index contributed by atoms with van der Waals surface area (Å²) in [7, 11) is 0. The Morgan fingerprint density at radius 3 is 2.61 bits per heavy atom. The zero-order valence-corrected chi connectivity index (χ0v) is 17.6. The number of carbonyl (C=O) groups excluding carboxylic acids is 1. The number of benzene rings is 2. The van der Waals surface area contributed by atoms with Gasteiger partial charge in [0.25, 0.3) is 0 Å². The van der Waals surface area contributed by atoms with Crippen molar-refractivity contribution < 1.29 is 9.21 Å². The molecule has 0 fully saturated rings. The van der Waals surface area contributed by atoms with Crippen LogP contribution in [-0.2, 0) is 11.3 Å². The van der Waals surface area contributed by atoms with E-state index in [1.54, 1.807) is 53.3 Å². The molecule has 33 heavy (non-hydrogen) atoms. The number of hydrogen-bond acceptors (Lipinski definition) is 7. The molecule has 3 heterocycles. The molecule has 5 aromatic rings. The number of nitrogens with one attached hydrogen (secondary N) is 2. The third-order valence-electron chi connectivity index (χ3n) is 4.88. The van der Waals surface area contributed by atoms with Gasteiger partial charge in [0, 0.05) is 29.8 Å². The number of fused-ring (bicyclic) bond motifs is 1. The van der Waals surface area contributed by atoms with Crippen LogP contribution in [0.15, 0.2) is 82.3 Å². The molecule has 0 aliphatic carbocycles. The lowest BCUT2D eigenvalue weighted by atomic mass is 10.2. The van der Waals surface area contributed by atoms with Gasteiger partial charge in [0.1, 0.15) is 18.2 Å². The standard InChI is InChI=1S/C23H19N7O3/c1-15-25-20(13-21(26-15)30-12-4-11-24-30)27-16-7-9-17(10-8-16)28-22(31)14-29-18-5-2-3-6-19(18)33-23(29)32/h2-13H,14H2,1H3,(H,28,31)(H,25,26,27). The van der Waals surface area contributed by atoms with Gasteiger partial charge in [0.05, 0.1) is 5.52 Å². The summed E-state index contributed by atoms with van der Waals surface area (Å²) in [4.78, 5) is 33.3. The van der Waals surface area contributed by atoms with Crippen molar-refractivity contribution in [2.45, 2.75) is 13.5 Å². The highest BCUT2D eigenvalue weighted by Gasteiger charge is 2.12. The van der Waals surface area contributed by atoms with Gasteiger partial charge < -0.3 is 15.1 Å². The van der Waals surface area contributed by atoms with E-state index in [4.69, 9.17) is 4.42 Å². The Kier molecular flexibility index (Phi) is 5.15. The molecule has 3 aromatic heterocycles. The second kappa shape index (κ2) is 8.42. The first-order valence-electron chi connectivity index (χ1n) is 10.2. The van der Waals surface area contributed by atoms with Crippen LogP contribution in [0.5, 0.6) is 0 Å². The van der Waals surface area contributed by atoms with Crippen molar-refractivity contribution in [3.8, 4) is 5.82 Å². The third kappa shape index (κ3) is 4.35. The Morgan fingerprint density at radius 2 is 1.82 bits per heavy atom. The van der Waals surface area contributed by atoms with Crippen LogP contribution in [0.4, 0.5) is 17.2 Å². The lowest BCUT2D eigenvalue weighted by Gasteiger charge is -2.10. The summed E-state index contributed by atoms with van der Waals surface area (Å²) in [5.41, 5.74) is 2.41. The Balaban J connectivity index is 1.27. The molecule has 2 N–H and O–H groups in total. The number of aromatic nitrogens is 5. The Labute approximate surface area is 187 Å². The van der Waals surface area contributed by atoms with E-state index in [0.717, 1.165) is 5.69 Å². The highest BCUT2D eigenvalue weighted by molar-refractivity contribution is 5.91. The summed E-state index contributed by atoms with van der Waals surface area (Å²) in [5.74, 6) is 0.980. The summed E-state index contributed by atoms with van der Waals surface area (Å²) in [5, 5.41) is 10.2. The minimum Gasteiger partial charge on any atom is -0.408 e. The van der Waals surface area contributed by atoms with Gasteiger partial charge in [-0.1, -0.05) is 12.1 Å². The van der Waals surface area contributed by atoms with E-state index < -0.39 is 5.76 Å². The van der Waals surface area contributed by atoms with Crippen LogP contribution in [0.25, 0.3) is 16.9 Å². The Bertz CT molecular complexity index is 1490. The first kappa shape index (κ1) is 20.2. The minimum absolute atomic E-state index is 0.147. The van der Waals surface area contributed by atoms with E-state index >= 15 is 0 Å². The van der Waals surface area contributed by atoms with Crippen molar-refractivity contribution >= 4 is 34.2 Å². The smallest absolute Gasteiger partial charge is 0.408 e. The fourth-order valence-electron chi connectivity index (χ4n) is 3.43. The quantitative estimate of drug-likeness (QED) is 0.415. The van der Waals surface area contributed by atoms with Gasteiger partial charge in [-0.25, -0.2) is 19.4 Å². The van der Waals surface area contributed by atoms with Crippen molar-refractivity contribution in [3.63, 3.8) is 0 Å². The van der Waals surface area contributed by atoms with Crippen LogP contribution in [0.1, 0.15) is 5.82 Å². The molecule has 164 valence electrons. The number of rotatable bonds is 6. The van der Waals surface area contributed by atoms with E-state index in [9.17, 15) is 9.59 Å². The number of oxazole rings is 1. The lowest BCUT2D eigenvalue weighted by Crippen LogP contribution is -2.24. The Hall–Kier alpha value is -4.73. The summed E-state index contributed by atoms with van der Waals surface area (Å²) < 4.78 is 8.13. The zero-order valence-electron chi connectivity index (χ0n) is 17.6. The third-order valence-corrected chi connectivity index (χ3v) is 4.88. The molecule has 0 saturated heterocycles. The fourth-order valence-corrected chi connectivity index (χ4v) is 3.43. The molecule has 0 atom stereocenters. The Morgan fingerprint density at radius 1 is 1.03 bits per heavy atom. The first-order valence-corrected chi connectivity index (χ1v) is 10.2. The maximum atomic E-state index is 12.5. The van der Waals surface area contributed by atoms with Crippen molar-refractivity contribution in [2.24, 2.45) is 0 Å². The van der Waals surface area contributed by atoms with Crippen LogP contribution >= 0.6 is 0 Å². The van der Waals surface area contributed by atoms with Crippen molar-refractivity contribution in [2.75, 3.05) is 10.6 Å². The number of aryl methyl sites for hydroxylation is 1. The number of nitrogens with zero attached hydrogens (tertiary/aromatic N) is 5. The molecule has 0 aliphatic rings. The number of amides is 1. The summed E-state index contributed by atoms with van der Waals surface area (Å²) in [6, 6.07) is 17.8. The van der Waals surface area contributed by atoms with E-state index in [0.29, 0.717) is 34.2 Å². The molecular weight excluding hydrogens is 422 g/mol. The largest absolute Gasteiger partial charge is 0.420 e. The fraction of sp³-hybridized carbons (Fsp3) is 0.0870. The molecule has 0 spiro atoms. The minimum atomic E-state index is -0.569. The maximum Gasteiger partial charge on any atom is 0.420 e. The summed E-state index contributed by atoms with van der Waals surface area (Å²) >= 11 is 0. The molecule has 10 heteroatoms. The monoisotopic (exact) mass is 441 g/mol. The average Bonchev–Trinajstić information content (AvgIpc) is 3.44. The van der Waals surface area contributed by atoms with Crippen LogP contribution < -0.4 is 16.4 Å². The summed E-state index contributed by atoms with van der Waals surface area (Å²) in [6.07, 6.45) is 3.49. The first-order chi connectivity index (χ1) is 16.0. The van der Waals surface area contributed by atoms with E-state index in [-0.39, 0.29) is 12.5 Å². The number of carbonyl (C=O) groups is 1. The highest BCUT2D eigenvalue weighted by atomic mass is 16.4. The van der Waals surface area contributed by atoms with E-state index in [1.165, 1.54) is 4.57 Å². The molecule has 0 bridgehead atoms. The molecule has 0 saturated carbocycles. The second-order valence-electron chi connectivity index (χ2n) is 7.28. The molecule has 2 aromatic carbocycles. The molecule has 0 aliphatic heterocycles. The second-order valence-corrected chi connectivity index (χ2v) is 7.28. The number of hydrogen-bond donors (Lipinski definition) is 2. The van der Waals surface area contributed by atoms with Gasteiger partial charge >= 0.3 is 5.76 Å². The predicted octanol–water partition coefficient (Wildman–Crippen LogP) is 3.26. The van der Waals surface area contributed by atoms with Gasteiger partial charge in [0.2, 0.25) is 5.91 Å². The summed E-state index contributed by atoms with van der Waals surface area (Å²) in [6.45, 7) is 1.66. The van der Waals surface area contributed by atoms with Crippen molar-refractivity contribution in [1.82, 2.24) is 24.3 Å². The molecule has 5 rings (SSSR count). The lowest BCUT2D eigenvalue weighted by molar-refractivity contribution is -0.116. The van der Waals surface area contributed by atoms with E-state index in [2.05, 4.69) is 25.7 Å². The molecular formula is C23H19N7O3. The SMILES string of the molecule is Cc1nc(Nc2ccc(NC(=O)Cn3c(=O)oc4ccccc43)cc2)cc(-n2cccn2)n1. The van der Waals surface area contributed by atoms with Gasteiger partial charge in [-0.2, -0.15) is 5.10 Å². The van der Waals surface area contributed by atoms with Crippen LogP contribution in [0.3, 0.4) is 0 Å². The molecule has 1 amide bonds. The number of para-hydroxylation sites is 2. The van der Waals surface area contributed by atoms with Gasteiger partial charge in [0.15, 0.2) is 11.4 Å². The molecule has 0 radical (unpaired) electrons. The van der Waals surface area contributed by atoms with Crippen LogP contribution in [0.2, 0.25) is 0 Å².